The Kier molecular flexibility index (Phi) is 7.07. The first-order valence-corrected chi connectivity index (χ1v) is 13.1. The minimum absolute atomic E-state index is 0.0595. The lowest BCUT2D eigenvalue weighted by Crippen LogP contribution is -2.40. The number of anilines is 1. The number of hydrogen-bond acceptors (Lipinski definition) is 6. The molecule has 210 valence electrons. The SMILES string of the molecule is CC1(C(F)(F)F)CC=CC=C1C(=N)/C(CO[C@H]1CC2CN(c3ncc(C(=O)O)cc3F)C[C@@H]2C1)=C(\O)C1CC1. The highest BCUT2D eigenvalue weighted by molar-refractivity contribution is 6.12. The largest absolute Gasteiger partial charge is 0.512 e. The van der Waals surface area contributed by atoms with E-state index in [-0.39, 0.29) is 70.9 Å². The molecule has 2 saturated carbocycles. The summed E-state index contributed by atoms with van der Waals surface area (Å²) in [6.45, 7) is 1.98. The standard InChI is InChI=1S/C28H31F4N3O4/c1-27(28(30,31)32)7-3-2-4-21(27)23(33)20(24(36)15-5-6-15)14-39-19-8-17-12-35(13-18(17)9-19)25-22(29)10-16(11-34-25)26(37)38/h2-4,10-11,15,17-19,33,36H,5-9,12-14H2,1H3,(H,37,38)/b24-20-,33-23?/t17-,18?,19+,27?/m0/s1. The van der Waals surface area contributed by atoms with Crippen LogP contribution in [0.1, 0.15) is 49.4 Å². The number of hydrogen-bond donors (Lipinski definition) is 3. The van der Waals surface area contributed by atoms with Gasteiger partial charge in [-0.25, -0.2) is 14.2 Å². The molecule has 3 fully saturated rings. The zero-order chi connectivity index (χ0) is 28.1. The van der Waals surface area contributed by atoms with Crippen molar-refractivity contribution in [3.63, 3.8) is 0 Å². The number of halogens is 4. The third-order valence-corrected chi connectivity index (χ3v) is 8.53. The molecular formula is C28H31F4N3O4. The molecule has 1 aliphatic heterocycles. The second kappa shape index (κ2) is 10.1. The summed E-state index contributed by atoms with van der Waals surface area (Å²) in [5, 5.41) is 28.6. The van der Waals surface area contributed by atoms with E-state index in [1.54, 1.807) is 4.90 Å². The van der Waals surface area contributed by atoms with Crippen LogP contribution in [0.15, 0.2) is 47.4 Å². The number of fused-ring (bicyclic) bond motifs is 1. The number of carboxylic acid groups (broad SMARTS) is 1. The van der Waals surface area contributed by atoms with Crippen molar-refractivity contribution in [2.75, 3.05) is 24.6 Å². The molecule has 4 aliphatic rings. The van der Waals surface area contributed by atoms with Crippen molar-refractivity contribution >= 4 is 17.5 Å². The zero-order valence-electron chi connectivity index (χ0n) is 21.5. The molecule has 2 unspecified atom stereocenters. The van der Waals surface area contributed by atoms with E-state index in [2.05, 4.69) is 4.98 Å². The molecule has 0 bridgehead atoms. The summed E-state index contributed by atoms with van der Waals surface area (Å²) in [6.07, 6.45) is 3.08. The zero-order valence-corrected chi connectivity index (χ0v) is 21.5. The van der Waals surface area contributed by atoms with E-state index in [9.17, 15) is 27.5 Å². The molecule has 0 aromatic carbocycles. The van der Waals surface area contributed by atoms with Crippen LogP contribution < -0.4 is 4.90 Å². The predicted molar refractivity (Wildman–Crippen MR) is 135 cm³/mol. The Morgan fingerprint density at radius 2 is 1.90 bits per heavy atom. The molecule has 0 spiro atoms. The van der Waals surface area contributed by atoms with Crippen LogP contribution in [0.4, 0.5) is 23.4 Å². The fourth-order valence-corrected chi connectivity index (χ4v) is 5.96. The van der Waals surface area contributed by atoms with E-state index in [0.717, 1.165) is 32.0 Å². The van der Waals surface area contributed by atoms with Gasteiger partial charge in [-0.05, 0) is 62.5 Å². The molecule has 1 aromatic rings. The van der Waals surface area contributed by atoms with Gasteiger partial charge in [-0.1, -0.05) is 18.2 Å². The van der Waals surface area contributed by atoms with Crippen molar-refractivity contribution in [1.82, 2.24) is 4.98 Å². The number of aromatic carboxylic acids is 1. The van der Waals surface area contributed by atoms with Gasteiger partial charge in [0.2, 0.25) is 0 Å². The van der Waals surface area contributed by atoms with Crippen LogP contribution in [-0.4, -0.2) is 58.9 Å². The Balaban J connectivity index is 1.25. The van der Waals surface area contributed by atoms with Crippen molar-refractivity contribution in [3.8, 4) is 0 Å². The first-order valence-electron chi connectivity index (χ1n) is 13.1. The molecular weight excluding hydrogens is 518 g/mol. The maximum atomic E-state index is 14.5. The fraction of sp³-hybridized carbons (Fsp3) is 0.536. The van der Waals surface area contributed by atoms with Crippen molar-refractivity contribution in [2.45, 2.75) is 51.3 Å². The van der Waals surface area contributed by atoms with E-state index in [1.807, 2.05) is 0 Å². The topological polar surface area (TPSA) is 107 Å². The summed E-state index contributed by atoms with van der Waals surface area (Å²) in [5.74, 6) is -1.69. The summed E-state index contributed by atoms with van der Waals surface area (Å²) in [6, 6.07) is 0.959. The summed E-state index contributed by atoms with van der Waals surface area (Å²) >= 11 is 0. The first-order chi connectivity index (χ1) is 18.4. The van der Waals surface area contributed by atoms with E-state index >= 15 is 0 Å². The highest BCUT2D eigenvalue weighted by Gasteiger charge is 2.54. The molecule has 2 heterocycles. The predicted octanol–water partition coefficient (Wildman–Crippen LogP) is 5.85. The summed E-state index contributed by atoms with van der Waals surface area (Å²) < 4.78 is 62.7. The molecule has 11 heteroatoms. The second-order valence-electron chi connectivity index (χ2n) is 11.2. The van der Waals surface area contributed by atoms with Gasteiger partial charge in [-0.15, -0.1) is 0 Å². The Morgan fingerprint density at radius 1 is 1.23 bits per heavy atom. The van der Waals surface area contributed by atoms with Gasteiger partial charge in [0.05, 0.1) is 29.4 Å². The smallest absolute Gasteiger partial charge is 0.398 e. The number of carbonyl (C=O) groups is 1. The van der Waals surface area contributed by atoms with Crippen LogP contribution >= 0.6 is 0 Å². The number of aliphatic hydroxyl groups is 1. The summed E-state index contributed by atoms with van der Waals surface area (Å²) in [4.78, 5) is 16.9. The van der Waals surface area contributed by atoms with Gasteiger partial charge in [-0.2, -0.15) is 13.2 Å². The number of allylic oxidation sites excluding steroid dienone is 5. The van der Waals surface area contributed by atoms with Crippen LogP contribution in [0.3, 0.4) is 0 Å². The van der Waals surface area contributed by atoms with Crippen LogP contribution in [0.2, 0.25) is 0 Å². The number of carboxylic acids is 1. The normalized spacial score (nSPS) is 29.2. The first kappa shape index (κ1) is 27.4. The summed E-state index contributed by atoms with van der Waals surface area (Å²) in [5.41, 5.74) is -2.85. The van der Waals surface area contributed by atoms with Gasteiger partial charge in [0.15, 0.2) is 11.6 Å². The number of aliphatic hydroxyl groups excluding tert-OH is 1. The molecule has 3 N–H and O–H groups in total. The van der Waals surface area contributed by atoms with Gasteiger partial charge in [0, 0.05) is 30.8 Å². The number of nitrogens with zero attached hydrogens (tertiary/aromatic N) is 2. The van der Waals surface area contributed by atoms with Crippen LogP contribution in [-0.2, 0) is 4.74 Å². The maximum absolute atomic E-state index is 14.5. The van der Waals surface area contributed by atoms with Crippen LogP contribution in [0.25, 0.3) is 0 Å². The third kappa shape index (κ3) is 5.20. The van der Waals surface area contributed by atoms with Crippen molar-refractivity contribution in [2.24, 2.45) is 23.2 Å². The van der Waals surface area contributed by atoms with Gasteiger partial charge >= 0.3 is 12.1 Å². The molecule has 39 heavy (non-hydrogen) atoms. The average Bonchev–Trinajstić information content (AvgIpc) is 3.55. The van der Waals surface area contributed by atoms with Crippen molar-refractivity contribution in [1.29, 1.82) is 5.41 Å². The van der Waals surface area contributed by atoms with E-state index in [1.165, 1.54) is 18.2 Å². The molecule has 0 amide bonds. The minimum atomic E-state index is -4.56. The average molecular weight is 550 g/mol. The van der Waals surface area contributed by atoms with Crippen LogP contribution in [0.5, 0.6) is 0 Å². The quantitative estimate of drug-likeness (QED) is 0.214. The van der Waals surface area contributed by atoms with E-state index in [4.69, 9.17) is 15.3 Å². The van der Waals surface area contributed by atoms with Gasteiger partial charge in [0.25, 0.3) is 0 Å². The lowest BCUT2D eigenvalue weighted by atomic mass is 9.72. The van der Waals surface area contributed by atoms with Crippen LogP contribution in [0, 0.1) is 34.4 Å². The molecule has 5 rings (SSSR count). The molecule has 4 atom stereocenters. The number of aromatic nitrogens is 1. The van der Waals surface area contributed by atoms with Crippen molar-refractivity contribution < 1.29 is 37.3 Å². The lowest BCUT2D eigenvalue weighted by molar-refractivity contribution is -0.201. The van der Waals surface area contributed by atoms with Gasteiger partial charge in [-0.3, -0.25) is 0 Å². The molecule has 1 saturated heterocycles. The summed E-state index contributed by atoms with van der Waals surface area (Å²) in [7, 11) is 0. The highest BCUT2D eigenvalue weighted by atomic mass is 19.4. The number of rotatable bonds is 8. The minimum Gasteiger partial charge on any atom is -0.512 e. The Hall–Kier alpha value is -3.21. The molecule has 3 aliphatic carbocycles. The lowest BCUT2D eigenvalue weighted by Gasteiger charge is -2.36. The van der Waals surface area contributed by atoms with Gasteiger partial charge in [0.1, 0.15) is 5.76 Å². The van der Waals surface area contributed by atoms with Gasteiger partial charge < -0.3 is 25.3 Å². The third-order valence-electron chi connectivity index (χ3n) is 8.53. The second-order valence-corrected chi connectivity index (χ2v) is 11.2. The molecule has 0 radical (unpaired) electrons. The van der Waals surface area contributed by atoms with Crippen molar-refractivity contribution in [3.05, 3.63) is 58.8 Å². The number of nitrogens with one attached hydrogen (secondary N) is 1. The fourth-order valence-electron chi connectivity index (χ4n) is 5.96. The Labute approximate surface area is 223 Å². The number of alkyl halides is 3. The van der Waals surface area contributed by atoms with E-state index < -0.39 is 23.4 Å². The Bertz CT molecular complexity index is 1260. The Morgan fingerprint density at radius 3 is 2.46 bits per heavy atom. The number of ether oxygens (including phenoxy) is 1. The molecule has 7 nitrogen and oxygen atoms in total. The number of pyridine rings is 1. The maximum Gasteiger partial charge on any atom is 0.398 e. The van der Waals surface area contributed by atoms with E-state index in [0.29, 0.717) is 25.9 Å². The molecule has 1 aromatic heterocycles. The highest BCUT2D eigenvalue weighted by Crippen LogP contribution is 2.50. The monoisotopic (exact) mass is 549 g/mol.